The lowest BCUT2D eigenvalue weighted by molar-refractivity contribution is 0.582. The van der Waals surface area contributed by atoms with Crippen molar-refractivity contribution in [2.75, 3.05) is 11.3 Å². The zero-order chi connectivity index (χ0) is 14.6. The summed E-state index contributed by atoms with van der Waals surface area (Å²) < 4.78 is 30.0. The van der Waals surface area contributed by atoms with E-state index in [1.165, 1.54) is 18.6 Å². The zero-order valence-corrected chi connectivity index (χ0v) is 12.0. The second-order valence-electron chi connectivity index (χ2n) is 4.27. The number of aromatic nitrogens is 4. The van der Waals surface area contributed by atoms with E-state index < -0.39 is 10.0 Å². The van der Waals surface area contributed by atoms with E-state index in [9.17, 15) is 8.42 Å². The predicted molar refractivity (Wildman–Crippen MR) is 74.6 cm³/mol. The average Bonchev–Trinajstić information content (AvgIpc) is 3.04. The molecule has 110 valence electrons. The highest BCUT2D eigenvalue weighted by atomic mass is 32.2. The molecule has 20 heavy (non-hydrogen) atoms. The number of nitrogens with one attached hydrogen (secondary N) is 1. The van der Waals surface area contributed by atoms with Gasteiger partial charge in [0.25, 0.3) is 10.0 Å². The molecule has 0 aliphatic carbocycles. The lowest BCUT2D eigenvalue weighted by Crippen LogP contribution is -2.12. The van der Waals surface area contributed by atoms with Crippen molar-refractivity contribution in [2.45, 2.75) is 31.3 Å². The molecule has 0 aliphatic rings. The Morgan fingerprint density at radius 1 is 1.25 bits per heavy atom. The number of rotatable bonds is 7. The molecule has 0 radical (unpaired) electrons. The zero-order valence-electron chi connectivity index (χ0n) is 11.2. The van der Waals surface area contributed by atoms with E-state index in [4.69, 9.17) is 5.73 Å². The molecule has 3 N–H and O–H groups in total. The quantitative estimate of drug-likeness (QED) is 0.761. The van der Waals surface area contributed by atoms with E-state index in [0.29, 0.717) is 25.3 Å². The molecular formula is C11H18N6O2S. The molecule has 2 heterocycles. The number of hydrogen-bond acceptors (Lipinski definition) is 5. The first-order valence-corrected chi connectivity index (χ1v) is 7.81. The third-order valence-electron chi connectivity index (χ3n) is 2.72. The van der Waals surface area contributed by atoms with Gasteiger partial charge in [0.05, 0.1) is 18.1 Å². The van der Waals surface area contributed by atoms with Gasteiger partial charge in [-0.2, -0.15) is 10.2 Å². The fraction of sp³-hybridized carbons (Fsp3) is 0.455. The van der Waals surface area contributed by atoms with Crippen molar-refractivity contribution in [3.05, 3.63) is 24.8 Å². The molecule has 0 saturated carbocycles. The van der Waals surface area contributed by atoms with Gasteiger partial charge in [-0.05, 0) is 19.9 Å². The van der Waals surface area contributed by atoms with Crippen molar-refractivity contribution in [2.24, 2.45) is 5.73 Å². The second-order valence-corrected chi connectivity index (χ2v) is 5.95. The Hall–Kier alpha value is -1.87. The average molecular weight is 298 g/mol. The Balaban J connectivity index is 2.11. The van der Waals surface area contributed by atoms with Gasteiger partial charge in [0.2, 0.25) is 0 Å². The molecule has 0 aromatic carbocycles. The lowest BCUT2D eigenvalue weighted by atomic mass is 10.4. The largest absolute Gasteiger partial charge is 0.330 e. The first-order valence-electron chi connectivity index (χ1n) is 6.33. The Labute approximate surface area is 117 Å². The fourth-order valence-electron chi connectivity index (χ4n) is 1.66. The van der Waals surface area contributed by atoms with E-state index in [2.05, 4.69) is 14.9 Å². The minimum absolute atomic E-state index is 0.124. The van der Waals surface area contributed by atoms with Gasteiger partial charge >= 0.3 is 0 Å². The molecule has 0 unspecified atom stereocenters. The van der Waals surface area contributed by atoms with E-state index >= 15 is 0 Å². The molecule has 9 heteroatoms. The Kier molecular flexibility index (Phi) is 4.40. The molecule has 0 spiro atoms. The number of hydrogen-bond donors (Lipinski definition) is 2. The van der Waals surface area contributed by atoms with Crippen LogP contribution in [-0.4, -0.2) is 34.5 Å². The van der Waals surface area contributed by atoms with Gasteiger partial charge in [-0.1, -0.05) is 0 Å². The third kappa shape index (κ3) is 3.36. The number of nitrogens with two attached hydrogens (primary N) is 1. The highest BCUT2D eigenvalue weighted by molar-refractivity contribution is 7.92. The van der Waals surface area contributed by atoms with Crippen LogP contribution in [0.1, 0.15) is 13.3 Å². The summed E-state index contributed by atoms with van der Waals surface area (Å²) in [5.74, 6) is 0. The van der Waals surface area contributed by atoms with Crippen LogP contribution in [0.2, 0.25) is 0 Å². The standard InChI is InChI=1S/C11H18N6O2S/c1-2-16-8-10(6-13-16)15-20(18,19)11-7-14-17(9-11)5-3-4-12/h6-9,15H,2-5,12H2,1H3. The van der Waals surface area contributed by atoms with Crippen LogP contribution in [0.3, 0.4) is 0 Å². The molecule has 0 bridgehead atoms. The fourth-order valence-corrected chi connectivity index (χ4v) is 2.64. The molecular weight excluding hydrogens is 280 g/mol. The summed E-state index contributed by atoms with van der Waals surface area (Å²) >= 11 is 0. The summed E-state index contributed by atoms with van der Waals surface area (Å²) in [5.41, 5.74) is 5.84. The van der Waals surface area contributed by atoms with Crippen molar-refractivity contribution >= 4 is 15.7 Å². The summed E-state index contributed by atoms with van der Waals surface area (Å²) in [6.45, 7) is 3.74. The maximum atomic E-state index is 12.2. The third-order valence-corrected chi connectivity index (χ3v) is 4.06. The molecule has 2 rings (SSSR count). The van der Waals surface area contributed by atoms with E-state index in [1.54, 1.807) is 15.6 Å². The molecule has 0 atom stereocenters. The Bertz CT molecular complexity index is 660. The minimum Gasteiger partial charge on any atom is -0.330 e. The van der Waals surface area contributed by atoms with Crippen molar-refractivity contribution in [3.63, 3.8) is 0 Å². The van der Waals surface area contributed by atoms with Gasteiger partial charge < -0.3 is 5.73 Å². The van der Waals surface area contributed by atoms with Gasteiger partial charge in [0.15, 0.2) is 0 Å². The smallest absolute Gasteiger partial charge is 0.265 e. The topological polar surface area (TPSA) is 108 Å². The summed E-state index contributed by atoms with van der Waals surface area (Å²) in [6.07, 6.45) is 6.67. The monoisotopic (exact) mass is 298 g/mol. The molecule has 0 aliphatic heterocycles. The summed E-state index contributed by atoms with van der Waals surface area (Å²) in [5, 5.41) is 8.02. The lowest BCUT2D eigenvalue weighted by Gasteiger charge is -2.02. The Morgan fingerprint density at radius 3 is 2.65 bits per heavy atom. The van der Waals surface area contributed by atoms with Crippen LogP contribution in [-0.2, 0) is 23.1 Å². The Morgan fingerprint density at radius 2 is 2.00 bits per heavy atom. The van der Waals surface area contributed by atoms with Crippen molar-refractivity contribution in [1.82, 2.24) is 19.6 Å². The van der Waals surface area contributed by atoms with Crippen LogP contribution in [0.5, 0.6) is 0 Å². The SMILES string of the molecule is CCn1cc(NS(=O)(=O)c2cnn(CCCN)c2)cn1. The molecule has 0 saturated heterocycles. The first-order chi connectivity index (χ1) is 9.55. The van der Waals surface area contributed by atoms with Crippen LogP contribution in [0.4, 0.5) is 5.69 Å². The van der Waals surface area contributed by atoms with E-state index in [0.717, 1.165) is 6.42 Å². The summed E-state index contributed by atoms with van der Waals surface area (Å²) in [6, 6.07) is 0. The van der Waals surface area contributed by atoms with Crippen molar-refractivity contribution in [1.29, 1.82) is 0 Å². The summed E-state index contributed by atoms with van der Waals surface area (Å²) in [7, 11) is -3.63. The second kappa shape index (κ2) is 6.06. The molecule has 0 amide bonds. The number of nitrogens with zero attached hydrogens (tertiary/aromatic N) is 4. The minimum atomic E-state index is -3.63. The van der Waals surface area contributed by atoms with Gasteiger partial charge in [0.1, 0.15) is 4.90 Å². The van der Waals surface area contributed by atoms with Gasteiger partial charge in [-0.3, -0.25) is 14.1 Å². The molecule has 0 fully saturated rings. The van der Waals surface area contributed by atoms with E-state index in [1.807, 2.05) is 6.92 Å². The van der Waals surface area contributed by atoms with Crippen LogP contribution in [0.15, 0.2) is 29.7 Å². The van der Waals surface area contributed by atoms with Crippen LogP contribution >= 0.6 is 0 Å². The van der Waals surface area contributed by atoms with Crippen molar-refractivity contribution in [3.8, 4) is 0 Å². The normalized spacial score (nSPS) is 11.7. The highest BCUT2D eigenvalue weighted by Crippen LogP contribution is 2.14. The van der Waals surface area contributed by atoms with Crippen LogP contribution < -0.4 is 10.5 Å². The van der Waals surface area contributed by atoms with Crippen LogP contribution in [0, 0.1) is 0 Å². The first kappa shape index (κ1) is 14.5. The van der Waals surface area contributed by atoms with Gasteiger partial charge in [0, 0.05) is 25.5 Å². The number of aryl methyl sites for hydroxylation is 2. The van der Waals surface area contributed by atoms with Gasteiger partial charge in [-0.15, -0.1) is 0 Å². The maximum absolute atomic E-state index is 12.2. The maximum Gasteiger partial charge on any atom is 0.265 e. The van der Waals surface area contributed by atoms with Crippen LogP contribution in [0.25, 0.3) is 0 Å². The van der Waals surface area contributed by atoms with Crippen molar-refractivity contribution < 1.29 is 8.42 Å². The molecule has 2 aromatic heterocycles. The summed E-state index contributed by atoms with van der Waals surface area (Å²) in [4.78, 5) is 0.124. The highest BCUT2D eigenvalue weighted by Gasteiger charge is 2.17. The number of sulfonamides is 1. The molecule has 2 aromatic rings. The molecule has 8 nitrogen and oxygen atoms in total. The van der Waals surface area contributed by atoms with Gasteiger partial charge in [-0.25, -0.2) is 8.42 Å². The number of anilines is 1. The van der Waals surface area contributed by atoms with E-state index in [-0.39, 0.29) is 4.90 Å². The predicted octanol–water partition coefficient (Wildman–Crippen LogP) is 0.249.